The van der Waals surface area contributed by atoms with Gasteiger partial charge in [-0.25, -0.2) is 9.59 Å². The fourth-order valence-corrected chi connectivity index (χ4v) is 2.13. The minimum absolute atomic E-state index is 0.104. The van der Waals surface area contributed by atoms with Gasteiger partial charge in [0.25, 0.3) is 0 Å². The van der Waals surface area contributed by atoms with E-state index in [2.05, 4.69) is 0 Å². The molecule has 1 aliphatic heterocycles. The Morgan fingerprint density at radius 2 is 2.00 bits per heavy atom. The van der Waals surface area contributed by atoms with E-state index in [9.17, 15) is 14.7 Å². The Bertz CT molecular complexity index is 498. The van der Waals surface area contributed by atoms with E-state index < -0.39 is 24.3 Å². The maximum Gasteiger partial charge on any atom is 0.413 e. The number of benzene rings is 1. The standard InChI is InChI=1S/C15H19NO5/c1-10(2)13(14(17)18)16(12-9-20-12)15(19)21-8-11-6-4-3-5-7-11/h3-7,10,12-13H,8-9H2,1-2H3,(H,17,18). The lowest BCUT2D eigenvalue weighted by atomic mass is 10.0. The molecule has 1 aromatic carbocycles. The zero-order valence-corrected chi connectivity index (χ0v) is 12.1. The first kappa shape index (κ1) is 15.3. The first-order valence-corrected chi connectivity index (χ1v) is 6.84. The molecule has 21 heavy (non-hydrogen) atoms. The molecule has 1 N–H and O–H groups in total. The second-order valence-electron chi connectivity index (χ2n) is 5.26. The highest BCUT2D eigenvalue weighted by molar-refractivity contribution is 5.80. The first-order chi connectivity index (χ1) is 10.0. The topological polar surface area (TPSA) is 79.4 Å². The number of hydrogen-bond acceptors (Lipinski definition) is 4. The Hall–Kier alpha value is -2.08. The third kappa shape index (κ3) is 3.95. The first-order valence-electron chi connectivity index (χ1n) is 6.84. The Morgan fingerprint density at radius 3 is 2.48 bits per heavy atom. The monoisotopic (exact) mass is 293 g/mol. The third-order valence-electron chi connectivity index (χ3n) is 3.23. The van der Waals surface area contributed by atoms with Gasteiger partial charge in [-0.15, -0.1) is 0 Å². The van der Waals surface area contributed by atoms with Gasteiger partial charge >= 0.3 is 12.1 Å². The number of carbonyl (C=O) groups is 2. The summed E-state index contributed by atoms with van der Waals surface area (Å²) in [5.41, 5.74) is 0.846. The molecule has 0 radical (unpaired) electrons. The van der Waals surface area contributed by atoms with Crippen molar-refractivity contribution in [3.8, 4) is 0 Å². The van der Waals surface area contributed by atoms with Crippen molar-refractivity contribution in [2.75, 3.05) is 6.61 Å². The fraction of sp³-hybridized carbons (Fsp3) is 0.467. The second kappa shape index (κ2) is 6.58. The van der Waals surface area contributed by atoms with Crippen molar-refractivity contribution < 1.29 is 24.2 Å². The summed E-state index contributed by atoms with van der Waals surface area (Å²) in [6.07, 6.45) is -1.17. The van der Waals surface area contributed by atoms with E-state index in [0.717, 1.165) is 5.56 Å². The molecule has 0 bridgehead atoms. The van der Waals surface area contributed by atoms with Gasteiger partial charge in [0, 0.05) is 0 Å². The molecule has 1 heterocycles. The smallest absolute Gasteiger partial charge is 0.413 e. The van der Waals surface area contributed by atoms with Crippen molar-refractivity contribution in [1.82, 2.24) is 4.90 Å². The Balaban J connectivity index is 2.04. The third-order valence-corrected chi connectivity index (χ3v) is 3.23. The maximum absolute atomic E-state index is 12.2. The number of amides is 1. The number of ether oxygens (including phenoxy) is 2. The lowest BCUT2D eigenvalue weighted by molar-refractivity contribution is -0.145. The van der Waals surface area contributed by atoms with Crippen molar-refractivity contribution in [3.63, 3.8) is 0 Å². The van der Waals surface area contributed by atoms with Crippen LogP contribution in [-0.2, 0) is 20.9 Å². The van der Waals surface area contributed by atoms with Crippen molar-refractivity contribution in [3.05, 3.63) is 35.9 Å². The van der Waals surface area contributed by atoms with Crippen LogP contribution in [0.5, 0.6) is 0 Å². The van der Waals surface area contributed by atoms with Crippen molar-refractivity contribution in [2.24, 2.45) is 5.92 Å². The zero-order chi connectivity index (χ0) is 15.4. The quantitative estimate of drug-likeness (QED) is 0.812. The molecule has 6 nitrogen and oxygen atoms in total. The van der Waals surface area contributed by atoms with Crippen LogP contribution in [0.3, 0.4) is 0 Å². The Morgan fingerprint density at radius 1 is 1.38 bits per heavy atom. The highest BCUT2D eigenvalue weighted by Crippen LogP contribution is 2.24. The van der Waals surface area contributed by atoms with Gasteiger partial charge in [-0.1, -0.05) is 44.2 Å². The minimum atomic E-state index is -1.06. The summed E-state index contributed by atoms with van der Waals surface area (Å²) in [6, 6.07) is 8.28. The van der Waals surface area contributed by atoms with E-state index in [0.29, 0.717) is 6.61 Å². The van der Waals surface area contributed by atoms with Gasteiger partial charge in [-0.3, -0.25) is 4.90 Å². The molecule has 6 heteroatoms. The van der Waals surface area contributed by atoms with Crippen LogP contribution in [0.1, 0.15) is 19.4 Å². The highest BCUT2D eigenvalue weighted by atomic mass is 16.6. The summed E-state index contributed by atoms with van der Waals surface area (Å²) in [5, 5.41) is 9.32. The molecule has 0 saturated carbocycles. The van der Waals surface area contributed by atoms with E-state index in [-0.39, 0.29) is 12.5 Å². The van der Waals surface area contributed by atoms with Crippen molar-refractivity contribution >= 4 is 12.1 Å². The lowest BCUT2D eigenvalue weighted by Crippen LogP contribution is -2.49. The molecule has 2 rings (SSSR count). The van der Waals surface area contributed by atoms with Crippen LogP contribution >= 0.6 is 0 Å². The molecular formula is C15H19NO5. The fourth-order valence-electron chi connectivity index (χ4n) is 2.13. The summed E-state index contributed by atoms with van der Waals surface area (Å²) in [5.74, 6) is -1.30. The van der Waals surface area contributed by atoms with Gasteiger partial charge in [0.1, 0.15) is 12.6 Å². The number of epoxide rings is 1. The number of carbonyl (C=O) groups excluding carboxylic acids is 1. The van der Waals surface area contributed by atoms with Crippen LogP contribution in [0.25, 0.3) is 0 Å². The van der Waals surface area contributed by atoms with E-state index in [4.69, 9.17) is 9.47 Å². The maximum atomic E-state index is 12.2. The number of nitrogens with zero attached hydrogens (tertiary/aromatic N) is 1. The van der Waals surface area contributed by atoms with Crippen LogP contribution in [0.2, 0.25) is 0 Å². The van der Waals surface area contributed by atoms with Crippen LogP contribution in [-0.4, -0.2) is 40.9 Å². The van der Waals surface area contributed by atoms with Crippen LogP contribution in [0.15, 0.2) is 30.3 Å². The van der Waals surface area contributed by atoms with Gasteiger partial charge in [0.2, 0.25) is 0 Å². The predicted molar refractivity (Wildman–Crippen MR) is 74.5 cm³/mol. The number of rotatable bonds is 6. The SMILES string of the molecule is CC(C)C(C(=O)O)N(C(=O)OCc1ccccc1)C1CO1. The molecule has 1 amide bonds. The molecule has 1 aromatic rings. The Labute approximate surface area is 123 Å². The summed E-state index contributed by atoms with van der Waals surface area (Å²) < 4.78 is 10.3. The average molecular weight is 293 g/mol. The molecule has 114 valence electrons. The van der Waals surface area contributed by atoms with Gasteiger partial charge in [0.15, 0.2) is 6.23 Å². The molecule has 0 aromatic heterocycles. The number of carboxylic acids is 1. The second-order valence-corrected chi connectivity index (χ2v) is 5.26. The summed E-state index contributed by atoms with van der Waals surface area (Å²) in [7, 11) is 0. The molecule has 2 unspecified atom stereocenters. The summed E-state index contributed by atoms with van der Waals surface area (Å²) in [6.45, 7) is 3.95. The van der Waals surface area contributed by atoms with E-state index >= 15 is 0 Å². The van der Waals surface area contributed by atoms with E-state index in [1.165, 1.54) is 4.90 Å². The van der Waals surface area contributed by atoms with Crippen LogP contribution in [0, 0.1) is 5.92 Å². The number of aliphatic carboxylic acids is 1. The molecule has 1 aliphatic rings. The molecular weight excluding hydrogens is 274 g/mol. The number of carboxylic acid groups (broad SMARTS) is 1. The molecule has 1 saturated heterocycles. The van der Waals surface area contributed by atoms with Gasteiger partial charge in [-0.2, -0.15) is 0 Å². The van der Waals surface area contributed by atoms with Crippen molar-refractivity contribution in [1.29, 1.82) is 0 Å². The highest BCUT2D eigenvalue weighted by Gasteiger charge is 2.44. The minimum Gasteiger partial charge on any atom is -0.480 e. The molecule has 1 fully saturated rings. The summed E-state index contributed by atoms with van der Waals surface area (Å²) >= 11 is 0. The summed E-state index contributed by atoms with van der Waals surface area (Å²) in [4.78, 5) is 24.8. The predicted octanol–water partition coefficient (Wildman–Crippen LogP) is 2.09. The average Bonchev–Trinajstić information content (AvgIpc) is 3.26. The number of hydrogen-bond donors (Lipinski definition) is 1. The van der Waals surface area contributed by atoms with Gasteiger partial charge < -0.3 is 14.6 Å². The van der Waals surface area contributed by atoms with E-state index in [1.54, 1.807) is 13.8 Å². The molecule has 2 atom stereocenters. The lowest BCUT2D eigenvalue weighted by Gasteiger charge is -2.29. The Kier molecular flexibility index (Phi) is 4.80. The van der Waals surface area contributed by atoms with Crippen LogP contribution < -0.4 is 0 Å². The molecule has 0 aliphatic carbocycles. The normalized spacial score (nSPS) is 18.1. The van der Waals surface area contributed by atoms with E-state index in [1.807, 2.05) is 30.3 Å². The zero-order valence-electron chi connectivity index (χ0n) is 12.1. The van der Waals surface area contributed by atoms with Gasteiger partial charge in [0.05, 0.1) is 6.61 Å². The molecule has 0 spiro atoms. The van der Waals surface area contributed by atoms with Gasteiger partial charge in [-0.05, 0) is 11.5 Å². The largest absolute Gasteiger partial charge is 0.480 e. The van der Waals surface area contributed by atoms with Crippen LogP contribution in [0.4, 0.5) is 4.79 Å². The van der Waals surface area contributed by atoms with Crippen molar-refractivity contribution in [2.45, 2.75) is 32.7 Å².